The van der Waals surface area contributed by atoms with Gasteiger partial charge in [0.25, 0.3) is 10.0 Å². The normalized spacial score (nSPS) is 16.2. The number of nitrogens with zero attached hydrogens (tertiary/aromatic N) is 1. The highest BCUT2D eigenvalue weighted by molar-refractivity contribution is 9.10. The van der Waals surface area contributed by atoms with Crippen molar-refractivity contribution >= 4 is 43.2 Å². The second-order valence-corrected chi connectivity index (χ2v) is 9.62. The summed E-state index contributed by atoms with van der Waals surface area (Å²) < 4.78 is 29.8. The molecule has 1 aliphatic heterocycles. The van der Waals surface area contributed by atoms with E-state index in [0.29, 0.717) is 22.3 Å². The summed E-state index contributed by atoms with van der Waals surface area (Å²) in [5.41, 5.74) is 4.20. The molecule has 28 heavy (non-hydrogen) atoms. The van der Waals surface area contributed by atoms with Gasteiger partial charge in [-0.15, -0.1) is 0 Å². The summed E-state index contributed by atoms with van der Waals surface area (Å²) in [6.45, 7) is 7.48. The van der Waals surface area contributed by atoms with Crippen molar-refractivity contribution in [3.05, 3.63) is 51.5 Å². The van der Waals surface area contributed by atoms with Gasteiger partial charge in [0.2, 0.25) is 5.91 Å². The molecule has 1 heterocycles. The molecule has 7 heteroatoms. The maximum absolute atomic E-state index is 13.3. The molecule has 2 aromatic carbocycles. The number of amides is 1. The van der Waals surface area contributed by atoms with Crippen molar-refractivity contribution in [2.45, 2.75) is 57.9 Å². The van der Waals surface area contributed by atoms with E-state index >= 15 is 0 Å². The zero-order valence-corrected chi connectivity index (χ0v) is 18.9. The molecule has 0 aromatic heterocycles. The molecule has 3 rings (SSSR count). The Kier molecular flexibility index (Phi) is 5.87. The average molecular weight is 465 g/mol. The number of fused-ring (bicyclic) bond motifs is 1. The van der Waals surface area contributed by atoms with Gasteiger partial charge in [-0.25, -0.2) is 8.42 Å². The summed E-state index contributed by atoms with van der Waals surface area (Å²) in [5, 5.41) is 0. The number of hydrogen-bond donors (Lipinski definition) is 1. The monoisotopic (exact) mass is 464 g/mol. The first-order valence-electron chi connectivity index (χ1n) is 9.45. The van der Waals surface area contributed by atoms with E-state index in [0.717, 1.165) is 29.5 Å². The Bertz CT molecular complexity index is 1010. The van der Waals surface area contributed by atoms with Gasteiger partial charge >= 0.3 is 0 Å². The Balaban J connectivity index is 2.09. The van der Waals surface area contributed by atoms with Crippen molar-refractivity contribution in [2.24, 2.45) is 0 Å². The molecule has 0 bridgehead atoms. The van der Waals surface area contributed by atoms with Gasteiger partial charge in [0.15, 0.2) is 0 Å². The molecule has 150 valence electrons. The Morgan fingerprint density at radius 3 is 2.36 bits per heavy atom. The van der Waals surface area contributed by atoms with Gasteiger partial charge < -0.3 is 4.90 Å². The van der Waals surface area contributed by atoms with Gasteiger partial charge in [0.1, 0.15) is 4.90 Å². The van der Waals surface area contributed by atoms with E-state index in [9.17, 15) is 13.2 Å². The van der Waals surface area contributed by atoms with Gasteiger partial charge in [-0.1, -0.05) is 32.0 Å². The summed E-state index contributed by atoms with van der Waals surface area (Å²) in [6.07, 6.45) is 2.17. The number of sulfonamides is 1. The van der Waals surface area contributed by atoms with Gasteiger partial charge in [-0.05, 0) is 70.9 Å². The lowest BCUT2D eigenvalue weighted by Gasteiger charge is -2.22. The van der Waals surface area contributed by atoms with Crippen LogP contribution in [0, 0.1) is 0 Å². The number of nitrogens with one attached hydrogen (secondary N) is 1. The Morgan fingerprint density at radius 1 is 1.21 bits per heavy atom. The average Bonchev–Trinajstić information content (AvgIpc) is 2.95. The number of anilines is 2. The van der Waals surface area contributed by atoms with E-state index in [2.05, 4.69) is 20.7 Å². The summed E-state index contributed by atoms with van der Waals surface area (Å²) in [4.78, 5) is 13.9. The summed E-state index contributed by atoms with van der Waals surface area (Å²) >= 11 is 3.42. The van der Waals surface area contributed by atoms with Crippen molar-refractivity contribution in [3.8, 4) is 0 Å². The first kappa shape index (κ1) is 20.9. The third kappa shape index (κ3) is 3.70. The molecule has 0 radical (unpaired) electrons. The molecular weight excluding hydrogens is 440 g/mol. The number of carbonyl (C=O) groups is 1. The molecule has 0 saturated carbocycles. The van der Waals surface area contributed by atoms with Crippen molar-refractivity contribution in [1.29, 1.82) is 0 Å². The first-order valence-corrected chi connectivity index (χ1v) is 11.7. The van der Waals surface area contributed by atoms with Crippen molar-refractivity contribution in [1.82, 2.24) is 0 Å². The van der Waals surface area contributed by atoms with Crippen LogP contribution in [0.2, 0.25) is 0 Å². The molecule has 0 spiro atoms. The number of halogens is 1. The molecule has 1 atom stereocenters. The molecule has 0 aliphatic carbocycles. The smallest absolute Gasteiger partial charge is 0.263 e. The van der Waals surface area contributed by atoms with Crippen LogP contribution in [0.25, 0.3) is 0 Å². The third-order valence-corrected chi connectivity index (χ3v) is 7.52. The standard InChI is InChI=1S/C21H25BrN2O3S/c1-5-15-8-7-9-16(6-2)21(15)23-28(26,27)20-12-19-17(11-18(20)22)10-13(3)24(19)14(4)25/h7-9,11-13,23H,5-6,10H2,1-4H3/t13-/m1/s1. The molecule has 1 aliphatic rings. The third-order valence-electron chi connectivity index (χ3n) is 5.21. The first-order chi connectivity index (χ1) is 13.2. The fraction of sp³-hybridized carbons (Fsp3) is 0.381. The predicted octanol–water partition coefficient (Wildman–Crippen LogP) is 4.67. The van der Waals surface area contributed by atoms with Crippen LogP contribution in [0.1, 0.15) is 44.4 Å². The second-order valence-electron chi connectivity index (χ2n) is 7.12. The minimum Gasteiger partial charge on any atom is -0.309 e. The van der Waals surface area contributed by atoms with E-state index in [1.54, 1.807) is 11.0 Å². The minimum atomic E-state index is -3.83. The molecule has 0 saturated heterocycles. The lowest BCUT2D eigenvalue weighted by Crippen LogP contribution is -2.33. The largest absolute Gasteiger partial charge is 0.309 e. The van der Waals surface area contributed by atoms with Gasteiger partial charge in [-0.3, -0.25) is 9.52 Å². The molecule has 5 nitrogen and oxygen atoms in total. The molecule has 2 aromatic rings. The van der Waals surface area contributed by atoms with Crippen LogP contribution in [0.5, 0.6) is 0 Å². The number of aryl methyl sites for hydroxylation is 2. The van der Waals surface area contributed by atoms with Crippen LogP contribution in [0.4, 0.5) is 11.4 Å². The van der Waals surface area contributed by atoms with Crippen molar-refractivity contribution in [2.75, 3.05) is 9.62 Å². The van der Waals surface area contributed by atoms with E-state index < -0.39 is 10.0 Å². The lowest BCUT2D eigenvalue weighted by atomic mass is 10.0. The van der Waals surface area contributed by atoms with Crippen molar-refractivity contribution in [3.63, 3.8) is 0 Å². The fourth-order valence-corrected chi connectivity index (χ4v) is 6.12. The zero-order chi connectivity index (χ0) is 20.6. The van der Waals surface area contributed by atoms with Gasteiger partial charge in [0, 0.05) is 23.1 Å². The number of hydrogen-bond acceptors (Lipinski definition) is 3. The lowest BCUT2D eigenvalue weighted by molar-refractivity contribution is -0.116. The quantitative estimate of drug-likeness (QED) is 0.698. The van der Waals surface area contributed by atoms with Crippen LogP contribution in [-0.2, 0) is 34.1 Å². The number of para-hydroxylation sites is 1. The molecule has 1 N–H and O–H groups in total. The Morgan fingerprint density at radius 2 is 1.82 bits per heavy atom. The van der Waals surface area contributed by atoms with E-state index in [4.69, 9.17) is 0 Å². The number of carbonyl (C=O) groups excluding carboxylic acids is 1. The summed E-state index contributed by atoms with van der Waals surface area (Å²) in [7, 11) is -3.83. The minimum absolute atomic E-state index is 0.0119. The number of benzene rings is 2. The predicted molar refractivity (Wildman–Crippen MR) is 116 cm³/mol. The van der Waals surface area contributed by atoms with E-state index in [1.165, 1.54) is 6.92 Å². The van der Waals surface area contributed by atoms with E-state index in [1.807, 2.05) is 45.0 Å². The summed E-state index contributed by atoms with van der Waals surface area (Å²) in [5.74, 6) is -0.0884. The Labute approximate surface area is 175 Å². The highest BCUT2D eigenvalue weighted by atomic mass is 79.9. The zero-order valence-electron chi connectivity index (χ0n) is 16.5. The molecular formula is C21H25BrN2O3S. The topological polar surface area (TPSA) is 66.5 Å². The molecule has 0 unspecified atom stereocenters. The van der Waals surface area contributed by atoms with Crippen molar-refractivity contribution < 1.29 is 13.2 Å². The summed E-state index contributed by atoms with van der Waals surface area (Å²) in [6, 6.07) is 9.26. The second kappa shape index (κ2) is 7.87. The SMILES string of the molecule is CCc1cccc(CC)c1NS(=O)(=O)c1cc2c(cc1Br)C[C@@H](C)N2C(C)=O. The van der Waals surface area contributed by atoms with Crippen LogP contribution < -0.4 is 9.62 Å². The Hall–Kier alpha value is -1.86. The molecule has 1 amide bonds. The fourth-order valence-electron chi connectivity index (χ4n) is 3.87. The van der Waals surface area contributed by atoms with Gasteiger partial charge in [-0.2, -0.15) is 0 Å². The highest BCUT2D eigenvalue weighted by Crippen LogP contribution is 2.39. The van der Waals surface area contributed by atoms with Gasteiger partial charge in [0.05, 0.1) is 5.69 Å². The van der Waals surface area contributed by atoms with Crippen LogP contribution >= 0.6 is 15.9 Å². The highest BCUT2D eigenvalue weighted by Gasteiger charge is 2.32. The van der Waals surface area contributed by atoms with E-state index in [-0.39, 0.29) is 16.8 Å². The maximum atomic E-state index is 13.3. The maximum Gasteiger partial charge on any atom is 0.263 e. The van der Waals surface area contributed by atoms with Crippen LogP contribution in [0.3, 0.4) is 0 Å². The molecule has 0 fully saturated rings. The van der Waals surface area contributed by atoms with Crippen LogP contribution in [0.15, 0.2) is 39.7 Å². The van der Waals surface area contributed by atoms with Crippen LogP contribution in [-0.4, -0.2) is 20.4 Å². The number of rotatable bonds is 5.